The molecule has 0 atom stereocenters. The van der Waals surface area contributed by atoms with Crippen molar-refractivity contribution in [3.05, 3.63) is 88.1 Å². The van der Waals surface area contributed by atoms with Crippen LogP contribution in [-0.4, -0.2) is 80.9 Å². The van der Waals surface area contributed by atoms with Gasteiger partial charge in [-0.2, -0.15) is 10.2 Å². The summed E-state index contributed by atoms with van der Waals surface area (Å²) < 4.78 is 16.8. The second-order valence-corrected chi connectivity index (χ2v) is 14.7. The van der Waals surface area contributed by atoms with Gasteiger partial charge in [-0.25, -0.2) is 29.9 Å². The van der Waals surface area contributed by atoms with Gasteiger partial charge in [0.25, 0.3) is 0 Å². The summed E-state index contributed by atoms with van der Waals surface area (Å²) >= 11 is 6.89. The van der Waals surface area contributed by atoms with Crippen LogP contribution in [0, 0.1) is 13.8 Å². The van der Waals surface area contributed by atoms with Crippen LogP contribution in [0.3, 0.4) is 0 Å². The second kappa shape index (κ2) is 17.1. The van der Waals surface area contributed by atoms with Crippen LogP contribution < -0.4 is 25.6 Å². The maximum absolute atomic E-state index is 8.77. The molecule has 0 aliphatic rings. The predicted octanol–water partition coefficient (Wildman–Crippen LogP) is 5.56. The summed E-state index contributed by atoms with van der Waals surface area (Å²) in [7, 11) is 5.26. The Balaban J connectivity index is 0.000000150. The molecular formula is C34H34BBrN12O4S2. The molecule has 4 N–H and O–H groups in total. The lowest BCUT2D eigenvalue weighted by atomic mass is 9.81. The molecule has 0 unspecified atom stereocenters. The van der Waals surface area contributed by atoms with Gasteiger partial charge in [0.2, 0.25) is 23.7 Å². The highest BCUT2D eigenvalue weighted by Gasteiger charge is 2.19. The van der Waals surface area contributed by atoms with E-state index in [0.717, 1.165) is 52.3 Å². The van der Waals surface area contributed by atoms with E-state index in [1.807, 2.05) is 51.0 Å². The van der Waals surface area contributed by atoms with E-state index in [9.17, 15) is 0 Å². The SMILES string of the molecule is COc1ncccc1-c1c(C)sc2cnc(Nc3cnn(C)c3)nc12.COc1ncccc1B(O)O.Cc1sc2cnc(Nc3cnn(C)c3)nc2c1Br. The van der Waals surface area contributed by atoms with Crippen LogP contribution in [0.25, 0.3) is 31.6 Å². The van der Waals surface area contributed by atoms with Crippen LogP contribution in [0.15, 0.2) is 78.3 Å². The topological polar surface area (TPSA) is 196 Å². The largest absolute Gasteiger partial charge is 0.493 e. The molecule has 0 aliphatic carbocycles. The minimum Gasteiger partial charge on any atom is -0.481 e. The predicted molar refractivity (Wildman–Crippen MR) is 215 cm³/mol. The van der Waals surface area contributed by atoms with Gasteiger partial charge in [0.05, 0.1) is 69.8 Å². The van der Waals surface area contributed by atoms with E-state index >= 15 is 0 Å². The van der Waals surface area contributed by atoms with Crippen LogP contribution in [0.2, 0.25) is 0 Å². The van der Waals surface area contributed by atoms with Crippen molar-refractivity contribution in [2.75, 3.05) is 24.9 Å². The quantitative estimate of drug-likeness (QED) is 0.139. The molecule has 0 amide bonds. The summed E-state index contributed by atoms with van der Waals surface area (Å²) in [5.74, 6) is 1.93. The first kappa shape index (κ1) is 38.2. The average Bonchev–Trinajstić information content (AvgIpc) is 3.94. The Bertz CT molecular complexity index is 2520. The molecule has 8 aromatic heterocycles. The molecule has 0 spiro atoms. The number of aromatic nitrogens is 10. The zero-order valence-electron chi connectivity index (χ0n) is 29.9. The summed E-state index contributed by atoms with van der Waals surface area (Å²) in [6, 6.07) is 7.04. The molecule has 0 saturated heterocycles. The molecule has 8 rings (SSSR count). The van der Waals surface area contributed by atoms with Gasteiger partial charge in [0, 0.05) is 65.2 Å². The molecule has 20 heteroatoms. The fourth-order valence-electron chi connectivity index (χ4n) is 5.17. The van der Waals surface area contributed by atoms with Crippen LogP contribution in [0.5, 0.6) is 11.8 Å². The highest BCUT2D eigenvalue weighted by Crippen LogP contribution is 2.40. The molecule has 54 heavy (non-hydrogen) atoms. The molecule has 8 heterocycles. The van der Waals surface area contributed by atoms with Gasteiger partial charge in [0.15, 0.2) is 0 Å². The molecule has 0 radical (unpaired) electrons. The number of ether oxygens (including phenoxy) is 2. The van der Waals surface area contributed by atoms with E-state index in [1.54, 1.807) is 63.8 Å². The lowest BCUT2D eigenvalue weighted by Crippen LogP contribution is -2.31. The number of methoxy groups -OCH3 is 2. The third kappa shape index (κ3) is 8.80. The number of hydrogen-bond donors (Lipinski definition) is 4. The average molecular weight is 830 g/mol. The van der Waals surface area contributed by atoms with Crippen LogP contribution in [0.1, 0.15) is 9.75 Å². The number of nitrogens with zero attached hydrogens (tertiary/aromatic N) is 10. The van der Waals surface area contributed by atoms with Crippen LogP contribution in [0.4, 0.5) is 23.3 Å². The Labute approximate surface area is 326 Å². The molecule has 0 fully saturated rings. The Morgan fingerprint density at radius 1 is 0.722 bits per heavy atom. The minimum atomic E-state index is -1.53. The lowest BCUT2D eigenvalue weighted by molar-refractivity contribution is 0.391. The van der Waals surface area contributed by atoms with Gasteiger partial charge < -0.3 is 30.2 Å². The number of thiophene rings is 2. The summed E-state index contributed by atoms with van der Waals surface area (Å²) in [5.41, 5.74) is 5.78. The van der Waals surface area contributed by atoms with Gasteiger partial charge in [-0.05, 0) is 48.0 Å². The van der Waals surface area contributed by atoms with Crippen molar-refractivity contribution in [1.82, 2.24) is 49.5 Å². The maximum atomic E-state index is 8.77. The first-order valence-electron chi connectivity index (χ1n) is 16.1. The van der Waals surface area contributed by atoms with Gasteiger partial charge in [0.1, 0.15) is 5.52 Å². The standard InChI is InChI=1S/C17H16N6OS.C11H10BrN5S.C6H8BNO3/c1-10-14(12-5-4-6-18-16(12)24-3)15-13(25-10)8-19-17(22-15)21-11-7-20-23(2)9-11;1-6-9(12)10-8(18-6)4-13-11(16-10)15-7-3-14-17(2)5-7;1-11-6-5(7(9)10)3-2-4-8-6/h4-9H,1-3H3,(H,19,21,22);3-5H,1-2H3,(H,13,15,16);2-4,9-10H,1H3. The van der Waals surface area contributed by atoms with Gasteiger partial charge in [-0.1, -0.05) is 6.07 Å². The highest BCUT2D eigenvalue weighted by molar-refractivity contribution is 9.10. The number of halogens is 1. The summed E-state index contributed by atoms with van der Waals surface area (Å²) in [6.07, 6.45) is 14.1. The van der Waals surface area contributed by atoms with Crippen molar-refractivity contribution in [3.63, 3.8) is 0 Å². The van der Waals surface area contributed by atoms with Crippen molar-refractivity contribution >= 4 is 94.9 Å². The number of anilines is 4. The van der Waals surface area contributed by atoms with Crippen molar-refractivity contribution < 1.29 is 19.5 Å². The van der Waals surface area contributed by atoms with E-state index in [2.05, 4.69) is 75.5 Å². The molecule has 16 nitrogen and oxygen atoms in total. The Morgan fingerprint density at radius 3 is 1.80 bits per heavy atom. The van der Waals surface area contributed by atoms with E-state index in [-0.39, 0.29) is 11.3 Å². The van der Waals surface area contributed by atoms with Crippen LogP contribution in [-0.2, 0) is 14.1 Å². The molecule has 0 saturated carbocycles. The molecule has 0 aliphatic heterocycles. The smallest absolute Gasteiger partial charge is 0.481 e. The number of rotatable bonds is 8. The number of fused-ring (bicyclic) bond motifs is 2. The monoisotopic (exact) mass is 828 g/mol. The molecule has 276 valence electrons. The summed E-state index contributed by atoms with van der Waals surface area (Å²) in [4.78, 5) is 28.4. The van der Waals surface area contributed by atoms with Crippen molar-refractivity contribution in [1.29, 1.82) is 0 Å². The Kier molecular flexibility index (Phi) is 12.1. The summed E-state index contributed by atoms with van der Waals surface area (Å²) in [6.45, 7) is 4.13. The summed E-state index contributed by atoms with van der Waals surface area (Å²) in [5, 5.41) is 32.1. The third-order valence-electron chi connectivity index (χ3n) is 7.57. The van der Waals surface area contributed by atoms with E-state index in [1.165, 1.54) is 24.3 Å². The second-order valence-electron chi connectivity index (χ2n) is 11.4. The maximum Gasteiger partial charge on any atom is 0.493 e. The Morgan fingerprint density at radius 2 is 1.26 bits per heavy atom. The number of hydrogen-bond acceptors (Lipinski definition) is 16. The number of pyridine rings is 2. The minimum absolute atomic E-state index is 0.238. The van der Waals surface area contributed by atoms with E-state index in [0.29, 0.717) is 17.8 Å². The van der Waals surface area contributed by atoms with E-state index < -0.39 is 7.12 Å². The lowest BCUT2D eigenvalue weighted by Gasteiger charge is -2.07. The van der Waals surface area contributed by atoms with Gasteiger partial charge in [-0.3, -0.25) is 9.36 Å². The highest BCUT2D eigenvalue weighted by atomic mass is 79.9. The van der Waals surface area contributed by atoms with Crippen molar-refractivity contribution in [2.24, 2.45) is 14.1 Å². The number of aryl methyl sites for hydroxylation is 4. The third-order valence-corrected chi connectivity index (χ3v) is 10.9. The van der Waals surface area contributed by atoms with Gasteiger partial charge in [-0.15, -0.1) is 22.7 Å². The van der Waals surface area contributed by atoms with Gasteiger partial charge >= 0.3 is 7.12 Å². The zero-order chi connectivity index (χ0) is 38.4. The Hall–Kier alpha value is -5.54. The fourth-order valence-corrected chi connectivity index (χ4v) is 7.70. The first-order chi connectivity index (χ1) is 26.0. The molecule has 0 bridgehead atoms. The van der Waals surface area contributed by atoms with Crippen molar-refractivity contribution in [3.8, 4) is 22.9 Å². The first-order valence-corrected chi connectivity index (χ1v) is 18.5. The van der Waals surface area contributed by atoms with Crippen LogP contribution >= 0.6 is 38.6 Å². The number of nitrogens with one attached hydrogen (secondary N) is 2. The van der Waals surface area contributed by atoms with Crippen molar-refractivity contribution in [2.45, 2.75) is 13.8 Å². The zero-order valence-corrected chi connectivity index (χ0v) is 33.1. The normalized spacial score (nSPS) is 10.7. The van der Waals surface area contributed by atoms with E-state index in [4.69, 9.17) is 24.5 Å². The molecular weight excluding hydrogens is 795 g/mol. The fraction of sp³-hybridized carbons (Fsp3) is 0.176. The molecule has 0 aromatic carbocycles. The molecule has 8 aromatic rings.